The molecule has 0 bridgehead atoms. The zero-order valence-corrected chi connectivity index (χ0v) is 10.0. The number of benzene rings is 1. The van der Waals surface area contributed by atoms with E-state index < -0.39 is 0 Å². The third kappa shape index (κ3) is 2.97. The highest BCUT2D eigenvalue weighted by molar-refractivity contribution is 5.85. The summed E-state index contributed by atoms with van der Waals surface area (Å²) in [6, 6.07) is 7.23. The molecule has 88 valence electrons. The van der Waals surface area contributed by atoms with Gasteiger partial charge < -0.3 is 4.74 Å². The van der Waals surface area contributed by atoms with Crippen LogP contribution in [0.15, 0.2) is 24.3 Å². The fourth-order valence-corrected chi connectivity index (χ4v) is 1.87. The van der Waals surface area contributed by atoms with Crippen molar-refractivity contribution in [2.45, 2.75) is 25.5 Å². The lowest BCUT2D eigenvalue weighted by molar-refractivity contribution is 0.0731. The molecular weight excluding hydrogens is 226 g/mol. The Balaban J connectivity index is 0.00000128. The normalized spacial score (nSPS) is 23.6. The van der Waals surface area contributed by atoms with Crippen LogP contribution in [-0.4, -0.2) is 18.6 Å². The van der Waals surface area contributed by atoms with Crippen molar-refractivity contribution in [2.24, 2.45) is 0 Å². The molecule has 4 heteroatoms. The largest absolute Gasteiger partial charge is 0.473 e. The van der Waals surface area contributed by atoms with Crippen LogP contribution >= 0.6 is 12.4 Å². The van der Waals surface area contributed by atoms with Crippen LogP contribution in [0.4, 0.5) is 0 Å². The standard InChI is InChI=1S/C12H15NO2.ClH/c1-12(6-3-7-13-12)15-11-5-2-4-10(8-11)9-14;/h2,4-5,8-9,13H,3,6-7H2,1H3;1H/t12-;/m0./s1. The van der Waals surface area contributed by atoms with Crippen molar-refractivity contribution in [3.63, 3.8) is 0 Å². The Labute approximate surface area is 102 Å². The highest BCUT2D eigenvalue weighted by Crippen LogP contribution is 2.24. The van der Waals surface area contributed by atoms with Crippen molar-refractivity contribution in [1.29, 1.82) is 0 Å². The zero-order chi connectivity index (χ0) is 10.7. The van der Waals surface area contributed by atoms with Gasteiger partial charge in [0.2, 0.25) is 0 Å². The van der Waals surface area contributed by atoms with E-state index in [1.807, 2.05) is 19.1 Å². The van der Waals surface area contributed by atoms with E-state index in [0.29, 0.717) is 5.56 Å². The summed E-state index contributed by atoms with van der Waals surface area (Å²) < 4.78 is 5.84. The van der Waals surface area contributed by atoms with E-state index in [1.54, 1.807) is 12.1 Å². The minimum atomic E-state index is -0.276. The van der Waals surface area contributed by atoms with Crippen LogP contribution in [0.25, 0.3) is 0 Å². The van der Waals surface area contributed by atoms with Gasteiger partial charge in [-0.15, -0.1) is 12.4 Å². The molecule has 0 unspecified atom stereocenters. The molecule has 0 spiro atoms. The number of halogens is 1. The summed E-state index contributed by atoms with van der Waals surface area (Å²) in [5.74, 6) is 0.747. The lowest BCUT2D eigenvalue weighted by Gasteiger charge is -2.26. The maximum Gasteiger partial charge on any atom is 0.158 e. The van der Waals surface area contributed by atoms with Gasteiger partial charge in [0.05, 0.1) is 0 Å². The molecule has 0 amide bonds. The molecule has 0 aliphatic carbocycles. The average Bonchev–Trinajstić information content (AvgIpc) is 2.65. The lowest BCUT2D eigenvalue weighted by Crippen LogP contribution is -2.42. The molecule has 16 heavy (non-hydrogen) atoms. The van der Waals surface area contributed by atoms with Gasteiger partial charge >= 0.3 is 0 Å². The monoisotopic (exact) mass is 241 g/mol. The summed E-state index contributed by atoms with van der Waals surface area (Å²) in [6.07, 6.45) is 2.96. The van der Waals surface area contributed by atoms with Gasteiger partial charge in [0, 0.05) is 12.0 Å². The van der Waals surface area contributed by atoms with E-state index in [9.17, 15) is 4.79 Å². The molecule has 1 fully saturated rings. The molecule has 1 saturated heterocycles. The van der Waals surface area contributed by atoms with Crippen molar-refractivity contribution in [2.75, 3.05) is 6.54 Å². The second-order valence-corrected chi connectivity index (χ2v) is 4.05. The molecule has 0 aromatic heterocycles. The van der Waals surface area contributed by atoms with Crippen molar-refractivity contribution in [3.05, 3.63) is 29.8 Å². The fraction of sp³-hybridized carbons (Fsp3) is 0.417. The minimum Gasteiger partial charge on any atom is -0.473 e. The van der Waals surface area contributed by atoms with Gasteiger partial charge in [-0.05, 0) is 32.0 Å². The van der Waals surface area contributed by atoms with Crippen LogP contribution in [0.3, 0.4) is 0 Å². The van der Waals surface area contributed by atoms with Gasteiger partial charge in [-0.3, -0.25) is 10.1 Å². The van der Waals surface area contributed by atoms with Crippen molar-refractivity contribution >= 4 is 18.7 Å². The first-order chi connectivity index (χ1) is 7.22. The molecule has 0 saturated carbocycles. The number of ether oxygens (including phenoxy) is 1. The Kier molecular flexibility index (Phi) is 4.33. The van der Waals surface area contributed by atoms with Crippen LogP contribution in [0.1, 0.15) is 30.1 Å². The van der Waals surface area contributed by atoms with Gasteiger partial charge in [-0.1, -0.05) is 12.1 Å². The number of nitrogens with one attached hydrogen (secondary N) is 1. The number of carbonyl (C=O) groups is 1. The van der Waals surface area contributed by atoms with E-state index in [-0.39, 0.29) is 18.1 Å². The first-order valence-electron chi connectivity index (χ1n) is 5.21. The Hall–Kier alpha value is -1.06. The molecule has 1 aromatic carbocycles. The van der Waals surface area contributed by atoms with E-state index in [0.717, 1.165) is 31.4 Å². The summed E-state index contributed by atoms with van der Waals surface area (Å²) in [7, 11) is 0. The SMILES string of the molecule is C[C@]1(Oc2cccc(C=O)c2)CCCN1.Cl. The second kappa shape index (κ2) is 5.32. The quantitative estimate of drug-likeness (QED) is 0.826. The predicted octanol–water partition coefficient (Wildman–Crippen LogP) is 2.40. The topological polar surface area (TPSA) is 38.3 Å². The van der Waals surface area contributed by atoms with Gasteiger partial charge in [-0.2, -0.15) is 0 Å². The summed E-state index contributed by atoms with van der Waals surface area (Å²) in [6.45, 7) is 3.03. The van der Waals surface area contributed by atoms with Gasteiger partial charge in [0.1, 0.15) is 12.0 Å². The summed E-state index contributed by atoms with van der Waals surface area (Å²) in [5.41, 5.74) is 0.371. The average molecular weight is 242 g/mol. The molecule has 1 aliphatic rings. The van der Waals surface area contributed by atoms with Crippen molar-refractivity contribution in [3.8, 4) is 5.75 Å². The van der Waals surface area contributed by atoms with Crippen molar-refractivity contribution < 1.29 is 9.53 Å². The maximum atomic E-state index is 10.6. The van der Waals surface area contributed by atoms with E-state index >= 15 is 0 Å². The van der Waals surface area contributed by atoms with Gasteiger partial charge in [-0.25, -0.2) is 0 Å². The van der Waals surface area contributed by atoms with Crippen LogP contribution in [0, 0.1) is 0 Å². The summed E-state index contributed by atoms with van der Waals surface area (Å²) in [5, 5.41) is 3.31. The smallest absolute Gasteiger partial charge is 0.158 e. The minimum absolute atomic E-state index is 0. The third-order valence-corrected chi connectivity index (χ3v) is 2.67. The molecule has 1 aromatic rings. The molecule has 0 radical (unpaired) electrons. The van der Waals surface area contributed by atoms with Crippen LogP contribution < -0.4 is 10.1 Å². The van der Waals surface area contributed by atoms with Gasteiger partial charge in [0.15, 0.2) is 5.72 Å². The van der Waals surface area contributed by atoms with E-state index in [4.69, 9.17) is 4.74 Å². The first-order valence-corrected chi connectivity index (χ1v) is 5.21. The van der Waals surface area contributed by atoms with Crippen LogP contribution in [0.5, 0.6) is 5.75 Å². The Morgan fingerprint density at radius 3 is 2.94 bits per heavy atom. The second-order valence-electron chi connectivity index (χ2n) is 4.05. The maximum absolute atomic E-state index is 10.6. The number of hydrogen-bond donors (Lipinski definition) is 1. The van der Waals surface area contributed by atoms with Crippen LogP contribution in [0.2, 0.25) is 0 Å². The molecule has 3 nitrogen and oxygen atoms in total. The third-order valence-electron chi connectivity index (χ3n) is 2.67. The predicted molar refractivity (Wildman–Crippen MR) is 65.3 cm³/mol. The first kappa shape index (κ1) is 13.0. The number of aldehydes is 1. The molecular formula is C12H16ClNO2. The fourth-order valence-electron chi connectivity index (χ4n) is 1.87. The molecule has 1 atom stereocenters. The number of hydrogen-bond acceptors (Lipinski definition) is 3. The Bertz CT molecular complexity index is 362. The van der Waals surface area contributed by atoms with Crippen molar-refractivity contribution in [1.82, 2.24) is 5.32 Å². The Morgan fingerprint density at radius 1 is 1.50 bits per heavy atom. The highest BCUT2D eigenvalue weighted by Gasteiger charge is 2.29. The zero-order valence-electron chi connectivity index (χ0n) is 9.23. The number of rotatable bonds is 3. The number of carbonyl (C=O) groups excluding carboxylic acids is 1. The van der Waals surface area contributed by atoms with Crippen LogP contribution in [-0.2, 0) is 0 Å². The molecule has 1 N–H and O–H groups in total. The molecule has 1 aliphatic heterocycles. The van der Waals surface area contributed by atoms with Gasteiger partial charge in [0.25, 0.3) is 0 Å². The van der Waals surface area contributed by atoms with E-state index in [1.165, 1.54) is 0 Å². The molecule has 1 heterocycles. The Morgan fingerprint density at radius 2 is 2.31 bits per heavy atom. The lowest BCUT2D eigenvalue weighted by atomic mass is 10.2. The van der Waals surface area contributed by atoms with E-state index in [2.05, 4.69) is 5.32 Å². The highest BCUT2D eigenvalue weighted by atomic mass is 35.5. The summed E-state index contributed by atoms with van der Waals surface area (Å²) >= 11 is 0. The molecule has 2 rings (SSSR count). The summed E-state index contributed by atoms with van der Waals surface area (Å²) in [4.78, 5) is 10.6.